The molecule has 0 amide bonds. The highest BCUT2D eigenvalue weighted by Gasteiger charge is 1.77. The number of hydrogen-bond acceptors (Lipinski definition) is 1. The second-order valence-electron chi connectivity index (χ2n) is 2.86. The van der Waals surface area contributed by atoms with Gasteiger partial charge in [-0.1, -0.05) is 54.6 Å². The van der Waals surface area contributed by atoms with Crippen LogP contribution in [0, 0.1) is 0 Å². The van der Waals surface area contributed by atoms with Crippen LogP contribution in [0.4, 0.5) is 0 Å². The molecule has 0 spiro atoms. The second kappa shape index (κ2) is 6.72. The van der Waals surface area contributed by atoms with Crippen LogP contribution < -0.4 is 5.73 Å². The number of rotatable bonds is 1. The molecule has 0 atom stereocenters. The summed E-state index contributed by atoms with van der Waals surface area (Å²) in [5.74, 6) is 0. The lowest BCUT2D eigenvalue weighted by atomic mass is 10.2. The Bertz CT molecular complexity index is 310. The molecule has 0 saturated heterocycles. The van der Waals surface area contributed by atoms with E-state index in [4.69, 9.17) is 5.73 Å². The quantitative estimate of drug-likeness (QED) is 0.714. The third-order valence-electron chi connectivity index (χ3n) is 1.74. The standard InChI is InChI=1S/C8H9N.C5H6/c9-7-6-8-4-2-1-3-5-8;1-2-4-5-3-1/h1-7H,9H2;1-4H,5H2. The monoisotopic (exact) mass is 185 g/mol. The lowest BCUT2D eigenvalue weighted by molar-refractivity contribution is 1.45. The molecule has 0 fully saturated rings. The highest BCUT2D eigenvalue weighted by Crippen LogP contribution is 1.98. The first kappa shape index (κ1) is 10.3. The van der Waals surface area contributed by atoms with Crippen molar-refractivity contribution in [2.45, 2.75) is 6.42 Å². The van der Waals surface area contributed by atoms with Crippen molar-refractivity contribution in [1.29, 1.82) is 0 Å². The highest BCUT2D eigenvalue weighted by atomic mass is 14.5. The fourth-order valence-electron chi connectivity index (χ4n) is 1.07. The predicted molar refractivity (Wildman–Crippen MR) is 62.6 cm³/mol. The minimum atomic E-state index is 1.14. The Hall–Kier alpha value is -1.76. The lowest BCUT2D eigenvalue weighted by Gasteiger charge is -1.86. The van der Waals surface area contributed by atoms with Crippen molar-refractivity contribution in [3.63, 3.8) is 0 Å². The third-order valence-corrected chi connectivity index (χ3v) is 1.74. The van der Waals surface area contributed by atoms with Crippen molar-refractivity contribution < 1.29 is 0 Å². The van der Waals surface area contributed by atoms with Crippen molar-refractivity contribution in [2.24, 2.45) is 5.73 Å². The van der Waals surface area contributed by atoms with Crippen molar-refractivity contribution in [3.05, 3.63) is 66.4 Å². The van der Waals surface area contributed by atoms with E-state index >= 15 is 0 Å². The minimum Gasteiger partial charge on any atom is -0.405 e. The van der Waals surface area contributed by atoms with Gasteiger partial charge in [0.15, 0.2) is 0 Å². The Labute approximate surface area is 85.3 Å². The molecule has 1 nitrogen and oxygen atoms in total. The van der Waals surface area contributed by atoms with E-state index in [1.165, 1.54) is 6.20 Å². The molecule has 0 saturated carbocycles. The Morgan fingerprint density at radius 2 is 1.64 bits per heavy atom. The van der Waals surface area contributed by atoms with Crippen molar-refractivity contribution in [3.8, 4) is 0 Å². The van der Waals surface area contributed by atoms with Crippen LogP contribution in [0.25, 0.3) is 6.08 Å². The van der Waals surface area contributed by atoms with E-state index in [1.807, 2.05) is 36.4 Å². The fourth-order valence-corrected chi connectivity index (χ4v) is 1.07. The van der Waals surface area contributed by atoms with Gasteiger partial charge < -0.3 is 5.73 Å². The van der Waals surface area contributed by atoms with E-state index in [1.54, 1.807) is 0 Å². The summed E-state index contributed by atoms with van der Waals surface area (Å²) in [5, 5.41) is 0. The number of allylic oxidation sites excluding steroid dienone is 4. The van der Waals surface area contributed by atoms with E-state index in [9.17, 15) is 0 Å². The lowest BCUT2D eigenvalue weighted by Crippen LogP contribution is -1.75. The maximum Gasteiger partial charge on any atom is -0.00564 e. The molecule has 1 aliphatic carbocycles. The van der Waals surface area contributed by atoms with Crippen LogP contribution in [-0.4, -0.2) is 0 Å². The van der Waals surface area contributed by atoms with Gasteiger partial charge in [-0.3, -0.25) is 0 Å². The molecule has 72 valence electrons. The maximum absolute atomic E-state index is 5.18. The maximum atomic E-state index is 5.18. The van der Waals surface area contributed by atoms with Gasteiger partial charge in [-0.2, -0.15) is 0 Å². The van der Waals surface area contributed by atoms with E-state index in [0.717, 1.165) is 12.0 Å². The topological polar surface area (TPSA) is 26.0 Å². The van der Waals surface area contributed by atoms with E-state index in [0.29, 0.717) is 0 Å². The highest BCUT2D eigenvalue weighted by molar-refractivity contribution is 5.47. The molecule has 0 radical (unpaired) electrons. The summed E-state index contributed by atoms with van der Waals surface area (Å²) < 4.78 is 0. The Morgan fingerprint density at radius 1 is 1.00 bits per heavy atom. The largest absolute Gasteiger partial charge is 0.405 e. The number of hydrogen-bond donors (Lipinski definition) is 1. The van der Waals surface area contributed by atoms with Gasteiger partial charge in [0.1, 0.15) is 0 Å². The molecule has 1 aromatic rings. The first-order chi connectivity index (χ1) is 6.93. The Balaban J connectivity index is 0.000000165. The van der Waals surface area contributed by atoms with Crippen molar-refractivity contribution >= 4 is 6.08 Å². The van der Waals surface area contributed by atoms with Crippen molar-refractivity contribution in [2.75, 3.05) is 0 Å². The summed E-state index contributed by atoms with van der Waals surface area (Å²) in [7, 11) is 0. The molecule has 0 aliphatic heterocycles. The molecule has 0 heterocycles. The zero-order valence-corrected chi connectivity index (χ0v) is 8.14. The summed E-state index contributed by atoms with van der Waals surface area (Å²) >= 11 is 0. The summed E-state index contributed by atoms with van der Waals surface area (Å²) in [4.78, 5) is 0. The zero-order valence-electron chi connectivity index (χ0n) is 8.14. The summed E-state index contributed by atoms with van der Waals surface area (Å²) in [6.45, 7) is 0. The Morgan fingerprint density at radius 3 is 2.07 bits per heavy atom. The van der Waals surface area contributed by atoms with E-state index in [-0.39, 0.29) is 0 Å². The van der Waals surface area contributed by atoms with Gasteiger partial charge in [-0.25, -0.2) is 0 Å². The molecule has 2 rings (SSSR count). The van der Waals surface area contributed by atoms with Gasteiger partial charge in [0.2, 0.25) is 0 Å². The Kier molecular flexibility index (Phi) is 4.96. The summed E-state index contributed by atoms with van der Waals surface area (Å²) in [6, 6.07) is 9.95. The predicted octanol–water partition coefficient (Wildman–Crippen LogP) is 3.12. The molecular weight excluding hydrogens is 170 g/mol. The van der Waals surface area contributed by atoms with Gasteiger partial charge in [-0.15, -0.1) is 0 Å². The van der Waals surface area contributed by atoms with Gasteiger partial charge in [0, 0.05) is 0 Å². The van der Waals surface area contributed by atoms with Crippen LogP contribution in [0.2, 0.25) is 0 Å². The van der Waals surface area contributed by atoms with E-state index in [2.05, 4.69) is 24.3 Å². The van der Waals surface area contributed by atoms with Gasteiger partial charge in [0.25, 0.3) is 0 Å². The van der Waals surface area contributed by atoms with Crippen LogP contribution in [-0.2, 0) is 0 Å². The molecule has 1 aliphatic rings. The molecule has 0 aromatic heterocycles. The molecule has 0 bridgehead atoms. The van der Waals surface area contributed by atoms with Gasteiger partial charge in [-0.05, 0) is 24.3 Å². The average Bonchev–Trinajstić information content (AvgIpc) is 2.78. The number of nitrogens with two attached hydrogens (primary N) is 1. The molecule has 0 unspecified atom stereocenters. The van der Waals surface area contributed by atoms with Crippen LogP contribution in [0.5, 0.6) is 0 Å². The molecular formula is C13H15N. The zero-order chi connectivity index (χ0) is 10.1. The first-order valence-corrected chi connectivity index (χ1v) is 4.68. The molecule has 1 aromatic carbocycles. The summed E-state index contributed by atoms with van der Waals surface area (Å²) in [6.07, 6.45) is 12.9. The molecule has 1 heteroatoms. The second-order valence-corrected chi connectivity index (χ2v) is 2.86. The third kappa shape index (κ3) is 4.31. The first-order valence-electron chi connectivity index (χ1n) is 4.68. The van der Waals surface area contributed by atoms with Gasteiger partial charge in [0.05, 0.1) is 0 Å². The molecule has 14 heavy (non-hydrogen) atoms. The van der Waals surface area contributed by atoms with Crippen LogP contribution in [0.15, 0.2) is 60.8 Å². The van der Waals surface area contributed by atoms with Gasteiger partial charge >= 0.3 is 0 Å². The normalized spacial score (nSPS) is 12.9. The van der Waals surface area contributed by atoms with Crippen LogP contribution >= 0.6 is 0 Å². The number of benzene rings is 1. The fraction of sp³-hybridized carbons (Fsp3) is 0.0769. The van der Waals surface area contributed by atoms with Crippen LogP contribution in [0.3, 0.4) is 0 Å². The van der Waals surface area contributed by atoms with Crippen LogP contribution in [0.1, 0.15) is 12.0 Å². The SMILES string of the molecule is C1=CCC=C1.NC=Cc1ccccc1. The van der Waals surface area contributed by atoms with Crippen molar-refractivity contribution in [1.82, 2.24) is 0 Å². The smallest absolute Gasteiger partial charge is 0.00564 e. The average molecular weight is 185 g/mol. The molecule has 2 N–H and O–H groups in total. The van der Waals surface area contributed by atoms with E-state index < -0.39 is 0 Å². The minimum absolute atomic E-state index is 1.14. The summed E-state index contributed by atoms with van der Waals surface area (Å²) in [5.41, 5.74) is 6.32.